The summed E-state index contributed by atoms with van der Waals surface area (Å²) >= 11 is 0. The van der Waals surface area contributed by atoms with Crippen LogP contribution in [0.2, 0.25) is 0 Å². The SMILES string of the molecule is CC1(C)O[C@@H]2[C@@H](CCCCc3cccc4cc(N)cnc34)C[C@@H](n3ccc4c(N)ncnc43)[C@@H]2O1. The molecule has 2 aliphatic rings. The van der Waals surface area contributed by atoms with Gasteiger partial charge in [0.1, 0.15) is 23.9 Å². The van der Waals surface area contributed by atoms with Gasteiger partial charge >= 0.3 is 0 Å². The first-order valence-corrected chi connectivity index (χ1v) is 12.5. The maximum absolute atomic E-state index is 6.42. The number of hydrogen-bond acceptors (Lipinski definition) is 7. The first kappa shape index (κ1) is 22.2. The number of ether oxygens (including phenoxy) is 2. The second-order valence-corrected chi connectivity index (χ2v) is 10.4. The number of nitrogen functional groups attached to an aromatic ring is 2. The van der Waals surface area contributed by atoms with E-state index in [-0.39, 0.29) is 18.2 Å². The molecule has 8 nitrogen and oxygen atoms in total. The highest BCUT2D eigenvalue weighted by atomic mass is 16.8. The summed E-state index contributed by atoms with van der Waals surface area (Å²) in [5, 5.41) is 1.99. The fourth-order valence-corrected chi connectivity index (χ4v) is 6.03. The molecule has 0 bridgehead atoms. The van der Waals surface area contributed by atoms with Crippen LogP contribution in [0.1, 0.15) is 51.1 Å². The van der Waals surface area contributed by atoms with Crippen molar-refractivity contribution in [1.29, 1.82) is 0 Å². The maximum Gasteiger partial charge on any atom is 0.163 e. The van der Waals surface area contributed by atoms with Crippen LogP contribution in [-0.4, -0.2) is 37.5 Å². The Labute approximate surface area is 204 Å². The molecule has 4 atom stereocenters. The van der Waals surface area contributed by atoms with E-state index in [1.165, 1.54) is 11.9 Å². The Morgan fingerprint density at radius 2 is 1.91 bits per heavy atom. The van der Waals surface area contributed by atoms with Crippen LogP contribution in [0.4, 0.5) is 11.5 Å². The smallest absolute Gasteiger partial charge is 0.163 e. The first-order chi connectivity index (χ1) is 16.9. The fourth-order valence-electron chi connectivity index (χ4n) is 6.03. The molecule has 35 heavy (non-hydrogen) atoms. The number of aryl methyl sites for hydroxylation is 1. The summed E-state index contributed by atoms with van der Waals surface area (Å²) in [6.07, 6.45) is 10.7. The van der Waals surface area contributed by atoms with Crippen molar-refractivity contribution in [3.63, 3.8) is 0 Å². The molecule has 3 aromatic heterocycles. The molecular weight excluding hydrogens is 440 g/mol. The molecule has 1 aliphatic carbocycles. The summed E-state index contributed by atoms with van der Waals surface area (Å²) in [7, 11) is 0. The van der Waals surface area contributed by atoms with Crippen molar-refractivity contribution in [2.75, 3.05) is 11.5 Å². The van der Waals surface area contributed by atoms with Crippen LogP contribution in [0, 0.1) is 5.92 Å². The lowest BCUT2D eigenvalue weighted by molar-refractivity contribution is -0.160. The Balaban J connectivity index is 1.17. The Morgan fingerprint density at radius 1 is 1.06 bits per heavy atom. The van der Waals surface area contributed by atoms with Gasteiger partial charge in [-0.1, -0.05) is 24.6 Å². The monoisotopic (exact) mass is 472 g/mol. The van der Waals surface area contributed by atoms with Crippen molar-refractivity contribution in [3.8, 4) is 0 Å². The number of pyridine rings is 1. The summed E-state index contributed by atoms with van der Waals surface area (Å²) < 4.78 is 15.0. The van der Waals surface area contributed by atoms with Gasteiger partial charge in [0.15, 0.2) is 5.79 Å². The number of rotatable bonds is 6. The van der Waals surface area contributed by atoms with E-state index in [4.69, 9.17) is 20.9 Å². The number of anilines is 2. The van der Waals surface area contributed by atoms with E-state index in [2.05, 4.69) is 43.9 Å². The fraction of sp³-hybridized carbons (Fsp3) is 0.444. The summed E-state index contributed by atoms with van der Waals surface area (Å²) in [6, 6.07) is 10.5. The predicted molar refractivity (Wildman–Crippen MR) is 137 cm³/mol. The van der Waals surface area contributed by atoms with Crippen molar-refractivity contribution in [2.45, 2.75) is 70.0 Å². The third-order valence-electron chi connectivity index (χ3n) is 7.54. The first-order valence-electron chi connectivity index (χ1n) is 12.5. The lowest BCUT2D eigenvalue weighted by Crippen LogP contribution is -2.27. The normalized spacial score (nSPS) is 25.4. The Kier molecular flexibility index (Phi) is 5.38. The number of unbranched alkanes of at least 4 members (excludes halogenated alkanes) is 1. The van der Waals surface area contributed by atoms with Crippen LogP contribution in [0.25, 0.3) is 21.9 Å². The van der Waals surface area contributed by atoms with Crippen molar-refractivity contribution in [3.05, 3.63) is 54.6 Å². The van der Waals surface area contributed by atoms with Crippen LogP contribution >= 0.6 is 0 Å². The lowest BCUT2D eigenvalue weighted by Gasteiger charge is -2.24. The van der Waals surface area contributed by atoms with Crippen LogP contribution in [0.3, 0.4) is 0 Å². The highest BCUT2D eigenvalue weighted by Gasteiger charge is 2.54. The van der Waals surface area contributed by atoms with Gasteiger partial charge in [-0.3, -0.25) is 4.98 Å². The van der Waals surface area contributed by atoms with Gasteiger partial charge in [-0.15, -0.1) is 0 Å². The third kappa shape index (κ3) is 4.00. The molecule has 1 aromatic carbocycles. The van der Waals surface area contributed by atoms with Gasteiger partial charge in [0.2, 0.25) is 0 Å². The molecule has 0 spiro atoms. The molecule has 2 fully saturated rings. The number of nitrogens with two attached hydrogens (primary N) is 2. The molecule has 6 rings (SSSR count). The Bertz CT molecular complexity index is 1380. The van der Waals surface area contributed by atoms with E-state index in [9.17, 15) is 0 Å². The van der Waals surface area contributed by atoms with E-state index in [0.717, 1.165) is 54.0 Å². The molecule has 4 aromatic rings. The summed E-state index contributed by atoms with van der Waals surface area (Å²) in [6.45, 7) is 4.02. The zero-order chi connectivity index (χ0) is 24.2. The number of hydrogen-bond donors (Lipinski definition) is 2. The Hall–Kier alpha value is -3.23. The van der Waals surface area contributed by atoms with Gasteiger partial charge in [0.25, 0.3) is 0 Å². The van der Waals surface area contributed by atoms with E-state index in [1.807, 2.05) is 26.0 Å². The predicted octanol–water partition coefficient (Wildman–Crippen LogP) is 4.64. The topological polar surface area (TPSA) is 114 Å². The summed E-state index contributed by atoms with van der Waals surface area (Å²) in [5.41, 5.74) is 15.9. The average Bonchev–Trinajstić information content (AvgIpc) is 3.48. The van der Waals surface area contributed by atoms with Crippen molar-refractivity contribution in [2.24, 2.45) is 5.92 Å². The standard InChI is InChI=1S/C27H32N6O2/c1-27(2)34-23-18(7-4-3-6-16-8-5-9-17-12-19(28)14-30-22(16)17)13-21(24(23)35-27)33-11-10-20-25(29)31-15-32-26(20)33/h5,8-12,14-15,18,21,23-24H,3-4,6-7,13,28H2,1-2H3,(H2,29,31,32)/t18-,21+,23+,24-/m0/s1. The molecule has 0 amide bonds. The second kappa shape index (κ2) is 8.46. The van der Waals surface area contributed by atoms with Gasteiger partial charge < -0.3 is 25.5 Å². The number of fused-ring (bicyclic) bond motifs is 3. The minimum Gasteiger partial charge on any atom is -0.397 e. The van der Waals surface area contributed by atoms with E-state index >= 15 is 0 Å². The molecular formula is C27H32N6O2. The van der Waals surface area contributed by atoms with Crippen LogP contribution in [-0.2, 0) is 15.9 Å². The zero-order valence-electron chi connectivity index (χ0n) is 20.2. The van der Waals surface area contributed by atoms with Crippen LogP contribution < -0.4 is 11.5 Å². The quantitative estimate of drug-likeness (QED) is 0.393. The lowest BCUT2D eigenvalue weighted by atomic mass is 9.95. The van der Waals surface area contributed by atoms with Crippen LogP contribution in [0.15, 0.2) is 49.1 Å². The molecule has 8 heteroatoms. The number of nitrogens with zero attached hydrogens (tertiary/aromatic N) is 4. The highest BCUT2D eigenvalue weighted by Crippen LogP contribution is 2.49. The molecule has 4 N–H and O–H groups in total. The second-order valence-electron chi connectivity index (χ2n) is 10.4. The van der Waals surface area contributed by atoms with E-state index < -0.39 is 5.79 Å². The zero-order valence-corrected chi connectivity index (χ0v) is 20.2. The minimum absolute atomic E-state index is 0.00508. The van der Waals surface area contributed by atoms with Crippen molar-refractivity contribution >= 4 is 33.4 Å². The largest absolute Gasteiger partial charge is 0.397 e. The third-order valence-corrected chi connectivity index (χ3v) is 7.54. The van der Waals surface area contributed by atoms with Gasteiger partial charge in [-0.25, -0.2) is 9.97 Å². The van der Waals surface area contributed by atoms with Crippen molar-refractivity contribution < 1.29 is 9.47 Å². The van der Waals surface area contributed by atoms with E-state index in [1.54, 1.807) is 6.20 Å². The molecule has 4 heterocycles. The molecule has 1 aliphatic heterocycles. The van der Waals surface area contributed by atoms with Crippen molar-refractivity contribution in [1.82, 2.24) is 19.5 Å². The number of benzene rings is 1. The Morgan fingerprint density at radius 3 is 2.80 bits per heavy atom. The summed E-state index contributed by atoms with van der Waals surface area (Å²) in [5.74, 6) is 0.350. The maximum atomic E-state index is 6.42. The van der Waals surface area contributed by atoms with Gasteiger partial charge in [-0.2, -0.15) is 0 Å². The molecule has 0 unspecified atom stereocenters. The van der Waals surface area contributed by atoms with Gasteiger partial charge in [0, 0.05) is 11.6 Å². The minimum atomic E-state index is -0.584. The molecule has 0 radical (unpaired) electrons. The molecule has 182 valence electrons. The molecule has 1 saturated heterocycles. The summed E-state index contributed by atoms with van der Waals surface area (Å²) in [4.78, 5) is 13.2. The van der Waals surface area contributed by atoms with E-state index in [0.29, 0.717) is 17.4 Å². The van der Waals surface area contributed by atoms with Gasteiger partial charge in [-0.05, 0) is 63.1 Å². The number of aromatic nitrogens is 4. The van der Waals surface area contributed by atoms with Gasteiger partial charge in [0.05, 0.1) is 34.9 Å². The highest BCUT2D eigenvalue weighted by molar-refractivity contribution is 5.86. The average molecular weight is 473 g/mol. The van der Waals surface area contributed by atoms with Crippen LogP contribution in [0.5, 0.6) is 0 Å². The number of para-hydroxylation sites is 1. The molecule has 1 saturated carbocycles.